The van der Waals surface area contributed by atoms with Gasteiger partial charge in [0.1, 0.15) is 5.82 Å². The lowest BCUT2D eigenvalue weighted by atomic mass is 10.3. The topological polar surface area (TPSA) is 42.7 Å². The van der Waals surface area contributed by atoms with Crippen LogP contribution in [0.25, 0.3) is 0 Å². The van der Waals surface area contributed by atoms with E-state index in [1.54, 1.807) is 0 Å². The number of nitrogens with zero attached hydrogens (tertiary/aromatic N) is 3. The molecule has 5 heteroatoms. The van der Waals surface area contributed by atoms with E-state index in [9.17, 15) is 0 Å². The summed E-state index contributed by atoms with van der Waals surface area (Å²) in [4.78, 5) is 0. The largest absolute Gasteiger partial charge is 0.378 e. The van der Waals surface area contributed by atoms with Crippen LogP contribution in [-0.2, 0) is 13.1 Å². The first kappa shape index (κ1) is 11.9. The van der Waals surface area contributed by atoms with Gasteiger partial charge in [-0.15, -0.1) is 10.2 Å². The van der Waals surface area contributed by atoms with E-state index in [4.69, 9.17) is 11.6 Å². The van der Waals surface area contributed by atoms with Gasteiger partial charge in [0.2, 0.25) is 0 Å². The molecule has 0 radical (unpaired) electrons. The van der Waals surface area contributed by atoms with Gasteiger partial charge in [-0.2, -0.15) is 0 Å². The molecular formula is C12H15ClN4. The molecule has 0 aliphatic heterocycles. The van der Waals surface area contributed by atoms with Crippen molar-refractivity contribution in [3.8, 4) is 0 Å². The van der Waals surface area contributed by atoms with Crippen molar-refractivity contribution in [2.45, 2.75) is 26.9 Å². The smallest absolute Gasteiger partial charge is 0.152 e. The Morgan fingerprint density at radius 1 is 1.35 bits per heavy atom. The summed E-state index contributed by atoms with van der Waals surface area (Å²) < 4.78 is 2.08. The second kappa shape index (κ2) is 5.19. The summed E-state index contributed by atoms with van der Waals surface area (Å²) >= 11 is 5.92. The van der Waals surface area contributed by atoms with Crippen molar-refractivity contribution in [1.29, 1.82) is 0 Å². The molecule has 0 unspecified atom stereocenters. The van der Waals surface area contributed by atoms with Crippen molar-refractivity contribution in [3.05, 3.63) is 40.9 Å². The molecule has 1 N–H and O–H groups in total. The van der Waals surface area contributed by atoms with Crippen LogP contribution in [0.2, 0.25) is 5.02 Å². The summed E-state index contributed by atoms with van der Waals surface area (Å²) in [7, 11) is 0. The van der Waals surface area contributed by atoms with Crippen molar-refractivity contribution < 1.29 is 0 Å². The Bertz CT molecular complexity index is 507. The van der Waals surface area contributed by atoms with Crippen LogP contribution in [0.15, 0.2) is 24.3 Å². The summed E-state index contributed by atoms with van der Waals surface area (Å²) in [5.41, 5.74) is 0.987. The van der Waals surface area contributed by atoms with Gasteiger partial charge in [0.05, 0.1) is 6.54 Å². The first-order chi connectivity index (χ1) is 8.20. The highest BCUT2D eigenvalue weighted by Gasteiger charge is 2.06. The number of hydrogen-bond acceptors (Lipinski definition) is 3. The highest BCUT2D eigenvalue weighted by molar-refractivity contribution is 6.30. The van der Waals surface area contributed by atoms with E-state index in [0.29, 0.717) is 6.54 Å². The average Bonchev–Trinajstić information content (AvgIpc) is 2.67. The lowest BCUT2D eigenvalue weighted by Crippen LogP contribution is -2.08. The quantitative estimate of drug-likeness (QED) is 0.907. The van der Waals surface area contributed by atoms with Crippen LogP contribution in [0, 0.1) is 6.92 Å². The molecule has 0 spiro atoms. The predicted molar refractivity (Wildman–Crippen MR) is 69.2 cm³/mol. The number of halogens is 1. The van der Waals surface area contributed by atoms with Crippen molar-refractivity contribution in [1.82, 2.24) is 14.8 Å². The molecule has 1 aromatic heterocycles. The maximum atomic E-state index is 5.92. The molecular weight excluding hydrogens is 236 g/mol. The number of hydrogen-bond donors (Lipinski definition) is 1. The second-order valence-corrected chi connectivity index (χ2v) is 4.21. The molecule has 17 heavy (non-hydrogen) atoms. The van der Waals surface area contributed by atoms with Crippen LogP contribution < -0.4 is 5.32 Å². The van der Waals surface area contributed by atoms with Gasteiger partial charge in [-0.1, -0.05) is 17.7 Å². The minimum Gasteiger partial charge on any atom is -0.378 e. The molecule has 0 saturated heterocycles. The summed E-state index contributed by atoms with van der Waals surface area (Å²) in [6.45, 7) is 5.57. The Kier molecular flexibility index (Phi) is 3.64. The number of aryl methyl sites for hydroxylation is 1. The van der Waals surface area contributed by atoms with E-state index in [1.807, 2.05) is 31.2 Å². The highest BCUT2D eigenvalue weighted by atomic mass is 35.5. The Hall–Kier alpha value is -1.55. The molecule has 0 aliphatic rings. The van der Waals surface area contributed by atoms with Crippen molar-refractivity contribution in [3.63, 3.8) is 0 Å². The Morgan fingerprint density at radius 3 is 2.88 bits per heavy atom. The number of aromatic nitrogens is 3. The Morgan fingerprint density at radius 2 is 2.18 bits per heavy atom. The van der Waals surface area contributed by atoms with Gasteiger partial charge >= 0.3 is 0 Å². The number of anilines is 1. The highest BCUT2D eigenvalue weighted by Crippen LogP contribution is 2.15. The third-order valence-electron chi connectivity index (χ3n) is 2.60. The molecule has 1 aromatic carbocycles. The molecule has 2 aromatic rings. The minimum atomic E-state index is 0.648. The third kappa shape index (κ3) is 2.77. The summed E-state index contributed by atoms with van der Waals surface area (Å²) in [6.07, 6.45) is 0. The third-order valence-corrected chi connectivity index (χ3v) is 2.84. The predicted octanol–water partition coefficient (Wildman–Crippen LogP) is 2.87. The van der Waals surface area contributed by atoms with E-state index in [0.717, 1.165) is 28.9 Å². The summed E-state index contributed by atoms with van der Waals surface area (Å²) in [6, 6.07) is 7.64. The Balaban J connectivity index is 2.07. The van der Waals surface area contributed by atoms with Crippen molar-refractivity contribution >= 4 is 17.3 Å². The van der Waals surface area contributed by atoms with Gasteiger partial charge in [0.15, 0.2) is 5.82 Å². The standard InChI is InChI=1S/C12H15ClN4/c1-3-17-9(2)15-16-12(17)8-14-11-6-4-5-10(13)7-11/h4-7,14H,3,8H2,1-2H3. The minimum absolute atomic E-state index is 0.648. The van der Waals surface area contributed by atoms with Crippen molar-refractivity contribution in [2.75, 3.05) is 5.32 Å². The SMILES string of the molecule is CCn1c(C)nnc1CNc1cccc(Cl)c1. The van der Waals surface area contributed by atoms with Crippen LogP contribution in [0.3, 0.4) is 0 Å². The zero-order chi connectivity index (χ0) is 12.3. The van der Waals surface area contributed by atoms with Gasteiger partial charge in [-0.25, -0.2) is 0 Å². The van der Waals surface area contributed by atoms with Gasteiger partial charge < -0.3 is 9.88 Å². The van der Waals surface area contributed by atoms with Crippen molar-refractivity contribution in [2.24, 2.45) is 0 Å². The zero-order valence-corrected chi connectivity index (χ0v) is 10.7. The van der Waals surface area contributed by atoms with E-state index in [2.05, 4.69) is 27.0 Å². The van der Waals surface area contributed by atoms with Gasteiger partial charge in [-0.05, 0) is 32.0 Å². The monoisotopic (exact) mass is 250 g/mol. The van der Waals surface area contributed by atoms with E-state index < -0.39 is 0 Å². The Labute approximate surface area is 106 Å². The molecule has 0 fully saturated rings. The molecule has 0 aliphatic carbocycles. The van der Waals surface area contributed by atoms with E-state index in [1.165, 1.54) is 0 Å². The maximum absolute atomic E-state index is 5.92. The molecule has 90 valence electrons. The lowest BCUT2D eigenvalue weighted by Gasteiger charge is -2.08. The first-order valence-electron chi connectivity index (χ1n) is 5.59. The van der Waals surface area contributed by atoms with Crippen LogP contribution >= 0.6 is 11.6 Å². The second-order valence-electron chi connectivity index (χ2n) is 3.77. The van der Waals surface area contributed by atoms with Crippen LogP contribution in [0.4, 0.5) is 5.69 Å². The molecule has 0 bridgehead atoms. The fraction of sp³-hybridized carbons (Fsp3) is 0.333. The van der Waals surface area contributed by atoms with Gasteiger partial charge in [0.25, 0.3) is 0 Å². The first-order valence-corrected chi connectivity index (χ1v) is 5.96. The molecule has 1 heterocycles. The summed E-state index contributed by atoms with van der Waals surface area (Å²) in [5.74, 6) is 1.88. The molecule has 4 nitrogen and oxygen atoms in total. The normalized spacial score (nSPS) is 10.5. The zero-order valence-electron chi connectivity index (χ0n) is 9.94. The van der Waals surface area contributed by atoms with Crippen LogP contribution in [-0.4, -0.2) is 14.8 Å². The molecule has 2 rings (SSSR count). The van der Waals surface area contributed by atoms with Crippen LogP contribution in [0.5, 0.6) is 0 Å². The average molecular weight is 251 g/mol. The van der Waals surface area contributed by atoms with Gasteiger partial charge in [-0.3, -0.25) is 0 Å². The fourth-order valence-electron chi connectivity index (χ4n) is 1.75. The summed E-state index contributed by atoms with van der Waals surface area (Å²) in [5, 5.41) is 12.2. The number of nitrogens with one attached hydrogen (secondary N) is 1. The molecule has 0 atom stereocenters. The number of benzene rings is 1. The van der Waals surface area contributed by atoms with E-state index in [-0.39, 0.29) is 0 Å². The van der Waals surface area contributed by atoms with Crippen LogP contribution in [0.1, 0.15) is 18.6 Å². The van der Waals surface area contributed by atoms with E-state index >= 15 is 0 Å². The fourth-order valence-corrected chi connectivity index (χ4v) is 1.94. The lowest BCUT2D eigenvalue weighted by molar-refractivity contribution is 0.687. The molecule has 0 saturated carbocycles. The maximum Gasteiger partial charge on any atom is 0.152 e. The number of rotatable bonds is 4. The molecule has 0 amide bonds. The van der Waals surface area contributed by atoms with Gasteiger partial charge in [0, 0.05) is 17.3 Å².